The van der Waals surface area contributed by atoms with Crippen molar-refractivity contribution in [1.82, 2.24) is 5.32 Å². The number of carbonyl (C=O) groups is 1. The second-order valence-corrected chi connectivity index (χ2v) is 24.3. The topological polar surface area (TPSA) is 307 Å². The lowest BCUT2D eigenvalue weighted by molar-refractivity contribution is -0.379. The highest BCUT2D eigenvalue weighted by Crippen LogP contribution is 2.33. The zero-order chi connectivity index (χ0) is 60.5. The fourth-order valence-corrected chi connectivity index (χ4v) is 11.6. The van der Waals surface area contributed by atoms with Gasteiger partial charge in [-0.25, -0.2) is 0 Å². The van der Waals surface area contributed by atoms with Gasteiger partial charge in [-0.2, -0.15) is 0 Å². The van der Waals surface area contributed by atoms with E-state index in [1.807, 2.05) is 6.08 Å². The molecule has 0 aromatic heterocycles. The summed E-state index contributed by atoms with van der Waals surface area (Å²) in [6, 6.07) is -0.968. The molecule has 1 amide bonds. The molecule has 83 heavy (non-hydrogen) atoms. The van der Waals surface area contributed by atoms with E-state index in [1.165, 1.54) is 186 Å². The first-order chi connectivity index (χ1) is 40.3. The van der Waals surface area contributed by atoms with E-state index >= 15 is 0 Å². The Labute approximate surface area is 499 Å². The zero-order valence-corrected chi connectivity index (χ0v) is 51.4. The lowest BCUT2D eigenvalue weighted by Gasteiger charge is -2.48. The molecule has 490 valence electrons. The van der Waals surface area contributed by atoms with Gasteiger partial charge < -0.3 is 89.9 Å². The third-order valence-corrected chi connectivity index (χ3v) is 17.1. The summed E-state index contributed by atoms with van der Waals surface area (Å²) in [5.74, 6) is -0.270. The predicted molar refractivity (Wildman–Crippen MR) is 319 cm³/mol. The lowest BCUT2D eigenvalue weighted by atomic mass is 9.96. The molecule has 3 heterocycles. The normalized spacial score (nSPS) is 29.4. The minimum atomic E-state index is -1.98. The lowest BCUT2D eigenvalue weighted by Crippen LogP contribution is -2.66. The molecule has 3 fully saturated rings. The van der Waals surface area contributed by atoms with Crippen LogP contribution in [0.4, 0.5) is 0 Å². The number of amides is 1. The number of ether oxygens (including phenoxy) is 6. The Hall–Kier alpha value is -1.47. The Morgan fingerprint density at radius 1 is 0.422 bits per heavy atom. The van der Waals surface area contributed by atoms with Crippen LogP contribution in [0.5, 0.6) is 0 Å². The molecule has 3 rings (SSSR count). The maximum atomic E-state index is 13.4. The Morgan fingerprint density at radius 3 is 1.13 bits per heavy atom. The number of allylic oxidation sites excluding steroid dienone is 1. The molecular weight excluding hydrogens is 1070 g/mol. The fraction of sp³-hybridized carbons (Fsp3) is 0.953. The third-order valence-electron chi connectivity index (χ3n) is 17.1. The van der Waals surface area contributed by atoms with Gasteiger partial charge >= 0.3 is 0 Å². The molecular formula is C64H121NO18. The van der Waals surface area contributed by atoms with Gasteiger partial charge in [-0.3, -0.25) is 4.79 Å². The smallest absolute Gasteiger partial charge is 0.220 e. The predicted octanol–water partition coefficient (Wildman–Crippen LogP) is 7.72. The van der Waals surface area contributed by atoms with Crippen LogP contribution < -0.4 is 5.32 Å². The summed E-state index contributed by atoms with van der Waals surface area (Å²) in [5.41, 5.74) is 0. The van der Waals surface area contributed by atoms with Crippen LogP contribution in [0.1, 0.15) is 258 Å². The van der Waals surface area contributed by atoms with Crippen LogP contribution in [0.15, 0.2) is 12.2 Å². The minimum Gasteiger partial charge on any atom is -0.394 e. The number of rotatable bonds is 51. The second-order valence-electron chi connectivity index (χ2n) is 24.3. The number of aliphatic hydroxyl groups excluding tert-OH is 11. The van der Waals surface area contributed by atoms with Gasteiger partial charge in [0, 0.05) is 6.42 Å². The maximum Gasteiger partial charge on any atom is 0.220 e. The third kappa shape index (κ3) is 30.5. The van der Waals surface area contributed by atoms with Crippen LogP contribution in [0.2, 0.25) is 0 Å². The average molecular weight is 1190 g/mol. The highest BCUT2D eigenvalue weighted by Gasteiger charge is 2.53. The van der Waals surface area contributed by atoms with E-state index in [4.69, 9.17) is 28.4 Å². The number of nitrogens with one attached hydrogen (secondary N) is 1. The van der Waals surface area contributed by atoms with Crippen LogP contribution in [0.3, 0.4) is 0 Å². The molecule has 0 saturated carbocycles. The van der Waals surface area contributed by atoms with Gasteiger partial charge in [0.1, 0.15) is 73.2 Å². The Morgan fingerprint density at radius 2 is 0.747 bits per heavy atom. The van der Waals surface area contributed by atoms with E-state index in [9.17, 15) is 61.0 Å². The summed E-state index contributed by atoms with van der Waals surface area (Å²) < 4.78 is 34.3. The Balaban J connectivity index is 1.46. The number of hydrogen-bond donors (Lipinski definition) is 12. The molecule has 0 bridgehead atoms. The van der Waals surface area contributed by atoms with Gasteiger partial charge in [-0.15, -0.1) is 0 Å². The Kier molecular flexibility index (Phi) is 43.4. The van der Waals surface area contributed by atoms with E-state index in [0.717, 1.165) is 44.9 Å². The molecule has 17 atom stereocenters. The van der Waals surface area contributed by atoms with Crippen LogP contribution in [0.25, 0.3) is 0 Å². The molecule has 12 N–H and O–H groups in total. The van der Waals surface area contributed by atoms with Crippen molar-refractivity contribution in [3.8, 4) is 0 Å². The van der Waals surface area contributed by atoms with Crippen LogP contribution in [-0.2, 0) is 33.2 Å². The number of hydrogen-bond acceptors (Lipinski definition) is 18. The minimum absolute atomic E-state index is 0.250. The summed E-state index contributed by atoms with van der Waals surface area (Å²) >= 11 is 0. The van der Waals surface area contributed by atoms with E-state index < -0.39 is 124 Å². The number of unbranched alkanes of at least 4 members (excludes halogenated alkanes) is 35. The second kappa shape index (κ2) is 47.5. The molecule has 3 saturated heterocycles. The quantitative estimate of drug-likeness (QED) is 0.0205. The van der Waals surface area contributed by atoms with Crippen molar-refractivity contribution < 1.29 is 89.4 Å². The van der Waals surface area contributed by atoms with Crippen LogP contribution in [0, 0.1) is 0 Å². The van der Waals surface area contributed by atoms with Gasteiger partial charge in [-0.05, 0) is 19.3 Å². The molecule has 19 nitrogen and oxygen atoms in total. The highest BCUT2D eigenvalue weighted by molar-refractivity contribution is 5.76. The van der Waals surface area contributed by atoms with Crippen molar-refractivity contribution in [2.24, 2.45) is 0 Å². The average Bonchev–Trinajstić information content (AvgIpc) is 3.18. The fourth-order valence-electron chi connectivity index (χ4n) is 11.6. The van der Waals surface area contributed by atoms with Crippen molar-refractivity contribution in [3.05, 3.63) is 12.2 Å². The molecule has 0 aromatic carbocycles. The molecule has 17 unspecified atom stereocenters. The van der Waals surface area contributed by atoms with Crippen LogP contribution in [-0.4, -0.2) is 193 Å². The largest absolute Gasteiger partial charge is 0.394 e. The summed E-state index contributed by atoms with van der Waals surface area (Å²) in [7, 11) is 0. The van der Waals surface area contributed by atoms with Crippen LogP contribution >= 0.6 is 0 Å². The summed E-state index contributed by atoms with van der Waals surface area (Å²) in [4.78, 5) is 13.4. The van der Waals surface area contributed by atoms with Gasteiger partial charge in [0.25, 0.3) is 0 Å². The van der Waals surface area contributed by atoms with E-state index in [1.54, 1.807) is 6.08 Å². The summed E-state index contributed by atoms with van der Waals surface area (Å²) in [6.45, 7) is 1.76. The number of aliphatic hydroxyl groups is 11. The zero-order valence-electron chi connectivity index (χ0n) is 51.4. The molecule has 0 aliphatic carbocycles. The molecule has 0 radical (unpaired) electrons. The van der Waals surface area contributed by atoms with E-state index in [2.05, 4.69) is 19.2 Å². The first kappa shape index (κ1) is 75.8. The van der Waals surface area contributed by atoms with Crippen molar-refractivity contribution in [1.29, 1.82) is 0 Å². The van der Waals surface area contributed by atoms with Crippen molar-refractivity contribution in [2.45, 2.75) is 362 Å². The first-order valence-electron chi connectivity index (χ1n) is 33.4. The number of carbonyl (C=O) groups excluding carboxylic acids is 1. The van der Waals surface area contributed by atoms with Gasteiger partial charge in [0.05, 0.1) is 38.6 Å². The Bertz CT molecular complexity index is 1560. The monoisotopic (exact) mass is 1190 g/mol. The van der Waals surface area contributed by atoms with Crippen molar-refractivity contribution >= 4 is 5.91 Å². The van der Waals surface area contributed by atoms with Gasteiger partial charge in [0.15, 0.2) is 18.9 Å². The molecule has 3 aliphatic rings. The molecule has 19 heteroatoms. The molecule has 0 aromatic rings. The summed E-state index contributed by atoms with van der Waals surface area (Å²) in [6.07, 6.45) is 23.2. The van der Waals surface area contributed by atoms with E-state index in [-0.39, 0.29) is 18.9 Å². The summed E-state index contributed by atoms with van der Waals surface area (Å²) in [5, 5.41) is 120. The van der Waals surface area contributed by atoms with Gasteiger partial charge in [-0.1, -0.05) is 244 Å². The molecule has 3 aliphatic heterocycles. The molecule has 0 spiro atoms. The van der Waals surface area contributed by atoms with E-state index in [0.29, 0.717) is 6.42 Å². The van der Waals surface area contributed by atoms with Gasteiger partial charge in [0.2, 0.25) is 5.91 Å². The van der Waals surface area contributed by atoms with Crippen molar-refractivity contribution in [3.63, 3.8) is 0 Å². The first-order valence-corrected chi connectivity index (χ1v) is 33.4. The maximum absolute atomic E-state index is 13.4. The standard InChI is InChI=1S/C64H121NO18/c1-3-5-7-9-11-13-15-17-19-21-23-24-26-28-30-32-34-36-38-40-42-52(70)65-47(48(69)41-39-37-35-33-31-29-27-25-22-20-18-16-14-12-10-8-6-4-2)46-78-62-58(76)55(73)60(50(44-67)80-62)83-64-59(77)56(74)61(51(45-68)81-64)82-63-57(75)54(72)53(71)49(43-66)79-63/h39,41,47-51,53-64,66-69,71-77H,3-38,40,42-46H2,1-2H3,(H,65,70)/b41-39+. The highest BCUT2D eigenvalue weighted by atomic mass is 16.8. The van der Waals surface area contributed by atoms with Crippen molar-refractivity contribution in [2.75, 3.05) is 26.4 Å². The SMILES string of the molecule is CCCCCCCCCCCCCCCCCC/C=C/C(O)C(COC1OC(CO)C(OC2OC(CO)C(OC3OC(CO)C(O)C(O)C3O)C(O)C2O)C(O)C1O)NC(=O)CCCCCCCCCCCCCCCCCCCCCC.